The maximum absolute atomic E-state index is 4.17. The first-order chi connectivity index (χ1) is 3.79. The Bertz CT molecular complexity index is 109. The zero-order valence-electron chi connectivity index (χ0n) is 5.02. The van der Waals surface area contributed by atoms with E-state index in [9.17, 15) is 0 Å². The second kappa shape index (κ2) is 2.44. The van der Waals surface area contributed by atoms with Gasteiger partial charge in [0.25, 0.3) is 0 Å². The Kier molecular flexibility index (Phi) is 1.84. The molecule has 0 amide bonds. The van der Waals surface area contributed by atoms with Crippen LogP contribution in [0.3, 0.4) is 0 Å². The van der Waals surface area contributed by atoms with Crippen molar-refractivity contribution in [3.05, 3.63) is 11.1 Å². The summed E-state index contributed by atoms with van der Waals surface area (Å²) in [6.07, 6.45) is 4.53. The number of nitrogens with one attached hydrogen (secondary N) is 1. The molecule has 46 valence electrons. The standard InChI is InChI=1S/C6H11NS/c1-5-3-2-4-6(8)7-5/h4-5,7-8H,2-3H2,1H3. The third-order valence-corrected chi connectivity index (χ3v) is 1.64. The summed E-state index contributed by atoms with van der Waals surface area (Å²) >= 11 is 4.17. The maximum Gasteiger partial charge on any atom is 0.0611 e. The molecule has 2 heteroatoms. The summed E-state index contributed by atoms with van der Waals surface area (Å²) in [5, 5.41) is 4.24. The second-order valence-electron chi connectivity index (χ2n) is 2.21. The van der Waals surface area contributed by atoms with Gasteiger partial charge in [-0.3, -0.25) is 0 Å². The molecule has 8 heavy (non-hydrogen) atoms. The van der Waals surface area contributed by atoms with E-state index in [2.05, 4.69) is 30.9 Å². The lowest BCUT2D eigenvalue weighted by Crippen LogP contribution is -2.25. The van der Waals surface area contributed by atoms with Crippen LogP contribution in [0.2, 0.25) is 0 Å². The smallest absolute Gasteiger partial charge is 0.0611 e. The molecule has 0 aromatic heterocycles. The van der Waals surface area contributed by atoms with E-state index >= 15 is 0 Å². The minimum absolute atomic E-state index is 0.618. The van der Waals surface area contributed by atoms with Crippen LogP contribution < -0.4 is 5.32 Å². The number of allylic oxidation sites excluding steroid dienone is 1. The molecule has 0 radical (unpaired) electrons. The molecule has 1 aliphatic heterocycles. The van der Waals surface area contributed by atoms with Crippen LogP contribution in [0.1, 0.15) is 19.8 Å². The molecule has 1 heterocycles. The number of hydrogen-bond donors (Lipinski definition) is 2. The van der Waals surface area contributed by atoms with Crippen molar-refractivity contribution in [2.45, 2.75) is 25.8 Å². The molecule has 1 nitrogen and oxygen atoms in total. The first kappa shape index (κ1) is 6.02. The van der Waals surface area contributed by atoms with Gasteiger partial charge in [0, 0.05) is 6.04 Å². The summed E-state index contributed by atoms with van der Waals surface area (Å²) in [5.74, 6) is 0. The van der Waals surface area contributed by atoms with Gasteiger partial charge in [0.05, 0.1) is 5.03 Å². The highest BCUT2D eigenvalue weighted by molar-refractivity contribution is 7.84. The van der Waals surface area contributed by atoms with E-state index < -0.39 is 0 Å². The van der Waals surface area contributed by atoms with E-state index in [-0.39, 0.29) is 0 Å². The number of thiol groups is 1. The topological polar surface area (TPSA) is 12.0 Å². The molecule has 0 saturated carbocycles. The Labute approximate surface area is 55.6 Å². The highest BCUT2D eigenvalue weighted by Crippen LogP contribution is 2.10. The van der Waals surface area contributed by atoms with Gasteiger partial charge in [-0.05, 0) is 19.8 Å². The van der Waals surface area contributed by atoms with E-state index in [1.807, 2.05) is 0 Å². The lowest BCUT2D eigenvalue weighted by Gasteiger charge is -2.18. The van der Waals surface area contributed by atoms with E-state index in [1.54, 1.807) is 0 Å². The van der Waals surface area contributed by atoms with Gasteiger partial charge in [-0.15, -0.1) is 12.6 Å². The Morgan fingerprint density at radius 1 is 1.88 bits per heavy atom. The van der Waals surface area contributed by atoms with Crippen LogP contribution in [0.15, 0.2) is 11.1 Å². The van der Waals surface area contributed by atoms with Crippen molar-refractivity contribution < 1.29 is 0 Å². The average Bonchev–Trinajstić information content (AvgIpc) is 1.64. The quantitative estimate of drug-likeness (QED) is 0.473. The molecule has 0 aliphatic carbocycles. The molecule has 1 unspecified atom stereocenters. The fourth-order valence-corrected chi connectivity index (χ4v) is 1.20. The Hall–Kier alpha value is -0.110. The highest BCUT2D eigenvalue weighted by atomic mass is 32.1. The van der Waals surface area contributed by atoms with Crippen LogP contribution in [-0.4, -0.2) is 6.04 Å². The summed E-state index contributed by atoms with van der Waals surface area (Å²) in [7, 11) is 0. The molecule has 1 N–H and O–H groups in total. The third-order valence-electron chi connectivity index (χ3n) is 1.33. The van der Waals surface area contributed by atoms with Gasteiger partial charge in [0.1, 0.15) is 0 Å². The molecule has 0 aromatic carbocycles. The minimum Gasteiger partial charge on any atom is -0.378 e. The molecule has 0 saturated heterocycles. The Morgan fingerprint density at radius 2 is 2.62 bits per heavy atom. The highest BCUT2D eigenvalue weighted by Gasteiger charge is 2.04. The van der Waals surface area contributed by atoms with Gasteiger partial charge < -0.3 is 5.32 Å². The molecule has 1 rings (SSSR count). The molecule has 0 bridgehead atoms. The van der Waals surface area contributed by atoms with Gasteiger partial charge in [-0.1, -0.05) is 6.08 Å². The molecule has 1 atom stereocenters. The van der Waals surface area contributed by atoms with Crippen molar-refractivity contribution in [2.24, 2.45) is 0 Å². The largest absolute Gasteiger partial charge is 0.378 e. The minimum atomic E-state index is 0.618. The summed E-state index contributed by atoms with van der Waals surface area (Å²) in [4.78, 5) is 0. The van der Waals surface area contributed by atoms with Crippen LogP contribution in [0.25, 0.3) is 0 Å². The fourth-order valence-electron chi connectivity index (χ4n) is 0.854. The van der Waals surface area contributed by atoms with Crippen LogP contribution in [0.5, 0.6) is 0 Å². The molecule has 1 aliphatic rings. The summed E-state index contributed by atoms with van der Waals surface area (Å²) < 4.78 is 0. The average molecular weight is 129 g/mol. The van der Waals surface area contributed by atoms with E-state index in [0.29, 0.717) is 6.04 Å². The molecular weight excluding hydrogens is 118 g/mol. The lowest BCUT2D eigenvalue weighted by molar-refractivity contribution is 0.563. The van der Waals surface area contributed by atoms with Crippen molar-refractivity contribution in [3.63, 3.8) is 0 Å². The SMILES string of the molecule is CC1CCC=C(S)N1. The first-order valence-electron chi connectivity index (χ1n) is 2.94. The van der Waals surface area contributed by atoms with E-state index in [4.69, 9.17) is 0 Å². The predicted molar refractivity (Wildman–Crippen MR) is 38.9 cm³/mol. The number of rotatable bonds is 0. The molecule has 0 fully saturated rings. The van der Waals surface area contributed by atoms with Crippen molar-refractivity contribution >= 4 is 12.6 Å². The predicted octanol–water partition coefficient (Wildman–Crippen LogP) is 1.53. The van der Waals surface area contributed by atoms with E-state index in [1.165, 1.54) is 12.8 Å². The maximum atomic E-state index is 4.17. The van der Waals surface area contributed by atoms with Crippen LogP contribution >= 0.6 is 12.6 Å². The van der Waals surface area contributed by atoms with Crippen molar-refractivity contribution in [1.29, 1.82) is 0 Å². The zero-order chi connectivity index (χ0) is 5.98. The lowest BCUT2D eigenvalue weighted by atomic mass is 10.1. The monoisotopic (exact) mass is 129 g/mol. The molecule has 0 aromatic rings. The molecule has 0 spiro atoms. The normalized spacial score (nSPS) is 28.8. The second-order valence-corrected chi connectivity index (χ2v) is 2.69. The molecular formula is C6H11NS. The van der Waals surface area contributed by atoms with E-state index in [0.717, 1.165) is 5.03 Å². The van der Waals surface area contributed by atoms with Crippen molar-refractivity contribution in [3.8, 4) is 0 Å². The van der Waals surface area contributed by atoms with Crippen molar-refractivity contribution in [1.82, 2.24) is 5.32 Å². The summed E-state index contributed by atoms with van der Waals surface area (Å²) in [6.45, 7) is 2.17. The Balaban J connectivity index is 2.45. The zero-order valence-corrected chi connectivity index (χ0v) is 5.91. The summed E-state index contributed by atoms with van der Waals surface area (Å²) in [5.41, 5.74) is 0. The fraction of sp³-hybridized carbons (Fsp3) is 0.667. The first-order valence-corrected chi connectivity index (χ1v) is 3.39. The van der Waals surface area contributed by atoms with Gasteiger partial charge in [0.15, 0.2) is 0 Å². The van der Waals surface area contributed by atoms with Gasteiger partial charge >= 0.3 is 0 Å². The van der Waals surface area contributed by atoms with Gasteiger partial charge in [-0.2, -0.15) is 0 Å². The Morgan fingerprint density at radius 3 is 3.00 bits per heavy atom. The number of hydrogen-bond acceptors (Lipinski definition) is 2. The third kappa shape index (κ3) is 1.44. The summed E-state index contributed by atoms with van der Waals surface area (Å²) in [6, 6.07) is 0.618. The van der Waals surface area contributed by atoms with Crippen molar-refractivity contribution in [2.75, 3.05) is 0 Å². The van der Waals surface area contributed by atoms with Gasteiger partial charge in [0.2, 0.25) is 0 Å². The van der Waals surface area contributed by atoms with Crippen LogP contribution in [0.4, 0.5) is 0 Å². The van der Waals surface area contributed by atoms with Crippen LogP contribution in [-0.2, 0) is 0 Å². The van der Waals surface area contributed by atoms with Gasteiger partial charge in [-0.25, -0.2) is 0 Å². The van der Waals surface area contributed by atoms with Crippen LogP contribution in [0, 0.1) is 0 Å².